The van der Waals surface area contributed by atoms with Gasteiger partial charge < -0.3 is 28.8 Å². The van der Waals surface area contributed by atoms with Crippen LogP contribution < -0.4 is 0 Å². The van der Waals surface area contributed by atoms with E-state index in [1.54, 1.807) is 0 Å². The van der Waals surface area contributed by atoms with Crippen LogP contribution in [0.2, 0.25) is 65.5 Å². The van der Waals surface area contributed by atoms with Crippen molar-refractivity contribution in [3.05, 3.63) is 0 Å². The van der Waals surface area contributed by atoms with Crippen molar-refractivity contribution in [2.75, 3.05) is 0 Å². The van der Waals surface area contributed by atoms with Crippen LogP contribution in [0.25, 0.3) is 0 Å². The van der Waals surface area contributed by atoms with Crippen molar-refractivity contribution in [1.82, 2.24) is 0 Å². The predicted molar refractivity (Wildman–Crippen MR) is 123 cm³/mol. The van der Waals surface area contributed by atoms with Crippen LogP contribution in [-0.2, 0) is 28.8 Å². The first-order valence-electron chi connectivity index (χ1n) is 8.54. The van der Waals surface area contributed by atoms with Crippen molar-refractivity contribution in [3.8, 4) is 0 Å². The van der Waals surface area contributed by atoms with Gasteiger partial charge in [-0.15, -0.1) is 0 Å². The second kappa shape index (κ2) is 10.9. The van der Waals surface area contributed by atoms with Crippen LogP contribution in [0.5, 0.6) is 0 Å². The van der Waals surface area contributed by atoms with Crippen molar-refractivity contribution >= 4 is 73.8 Å². The highest BCUT2D eigenvalue weighted by Crippen LogP contribution is 2.24. The smallest absolute Gasteiger partial charge is 0.314 e. The normalized spacial score (nSPS) is 16.6. The van der Waals surface area contributed by atoms with Gasteiger partial charge in [-0.1, -0.05) is 0 Å². The molecule has 0 aliphatic carbocycles. The average molecular weight is 495 g/mol. The van der Waals surface area contributed by atoms with Crippen molar-refractivity contribution in [2.45, 2.75) is 65.5 Å². The second-order valence-corrected chi connectivity index (χ2v) is 31.1. The van der Waals surface area contributed by atoms with E-state index in [1.165, 1.54) is 0 Å². The van der Waals surface area contributed by atoms with E-state index in [2.05, 4.69) is 58.9 Å². The van der Waals surface area contributed by atoms with Gasteiger partial charge >= 0.3 is 25.7 Å². The van der Waals surface area contributed by atoms with Gasteiger partial charge in [0.15, 0.2) is 8.32 Å². The summed E-state index contributed by atoms with van der Waals surface area (Å²) in [5, 5.41) is 0. The Morgan fingerprint density at radius 2 is 1.20 bits per heavy atom. The minimum atomic E-state index is -2.35. The van der Waals surface area contributed by atoms with Crippen LogP contribution in [0.15, 0.2) is 0 Å². The molecule has 0 aliphatic heterocycles. The molecule has 0 aromatic heterocycles. The van der Waals surface area contributed by atoms with E-state index in [0.717, 1.165) is 10.5 Å². The van der Waals surface area contributed by atoms with Crippen LogP contribution >= 0.6 is 0 Å². The SMILES string of the molecule is C[SiH](O[SiH2]O[SiH2]O[SiH3])O[Si](C)(C)O[Si](C)(C)O[Si](C)(C)O[Si](C)(C)C. The van der Waals surface area contributed by atoms with Crippen LogP contribution in [0, 0.1) is 0 Å². The lowest BCUT2D eigenvalue weighted by Gasteiger charge is -2.40. The topological polar surface area (TPSA) is 64.6 Å². The highest BCUT2D eigenvalue weighted by molar-refractivity contribution is 6.89. The summed E-state index contributed by atoms with van der Waals surface area (Å²) in [6, 6.07) is 0. The Bertz CT molecular complexity index is 390. The molecule has 0 rings (SSSR count). The minimum absolute atomic E-state index is 0.740. The molecule has 7 nitrogen and oxygen atoms in total. The second-order valence-electron chi connectivity index (χ2n) is 8.20. The summed E-state index contributed by atoms with van der Waals surface area (Å²) in [5.74, 6) is 0. The third kappa shape index (κ3) is 15.1. The van der Waals surface area contributed by atoms with Crippen LogP contribution in [0.1, 0.15) is 0 Å². The Balaban J connectivity index is 4.58. The highest BCUT2D eigenvalue weighted by Gasteiger charge is 2.43. The number of hydrogen-bond donors (Lipinski definition) is 0. The van der Waals surface area contributed by atoms with Gasteiger partial charge in [0.2, 0.25) is 0 Å². The van der Waals surface area contributed by atoms with E-state index < -0.39 is 63.3 Å². The first-order chi connectivity index (χ1) is 11.1. The zero-order valence-electron chi connectivity index (χ0n) is 17.8. The maximum Gasteiger partial charge on any atom is 0.314 e. The lowest BCUT2D eigenvalue weighted by molar-refractivity contribution is 0.288. The third-order valence-electron chi connectivity index (χ3n) is 2.57. The molecule has 0 aromatic carbocycles. The van der Waals surface area contributed by atoms with Gasteiger partial charge in [0, 0.05) is 0 Å². The van der Waals surface area contributed by atoms with Crippen molar-refractivity contribution in [1.29, 1.82) is 0 Å². The maximum absolute atomic E-state index is 6.41. The maximum atomic E-state index is 6.41. The lowest BCUT2D eigenvalue weighted by atomic mass is 11.8. The van der Waals surface area contributed by atoms with E-state index in [1.807, 2.05) is 6.55 Å². The molecule has 0 aromatic rings. The van der Waals surface area contributed by atoms with Gasteiger partial charge in [-0.2, -0.15) is 0 Å². The highest BCUT2D eigenvalue weighted by atomic mass is 28.5. The van der Waals surface area contributed by atoms with Gasteiger partial charge in [-0.05, 0) is 65.5 Å². The molecule has 0 bridgehead atoms. The molecule has 0 amide bonds. The first-order valence-corrected chi connectivity index (χ1v) is 25.6. The van der Waals surface area contributed by atoms with E-state index in [0.29, 0.717) is 0 Å². The lowest BCUT2D eigenvalue weighted by Crippen LogP contribution is -2.57. The molecule has 0 radical (unpaired) electrons. The molecule has 152 valence electrons. The monoisotopic (exact) mass is 494 g/mol. The Morgan fingerprint density at radius 1 is 0.720 bits per heavy atom. The van der Waals surface area contributed by atoms with Crippen LogP contribution in [0.4, 0.5) is 0 Å². The quantitative estimate of drug-likeness (QED) is 0.267. The Kier molecular flexibility index (Phi) is 11.5. The number of rotatable bonds is 13. The van der Waals surface area contributed by atoms with Crippen molar-refractivity contribution in [2.24, 2.45) is 0 Å². The summed E-state index contributed by atoms with van der Waals surface area (Å²) in [4.78, 5) is 0. The Morgan fingerprint density at radius 3 is 1.68 bits per heavy atom. The van der Waals surface area contributed by atoms with Gasteiger partial charge in [0.05, 0.1) is 0 Å². The van der Waals surface area contributed by atoms with Crippen molar-refractivity contribution < 1.29 is 28.8 Å². The molecule has 0 heterocycles. The Hall–Kier alpha value is 1.46. The minimum Gasteiger partial charge on any atom is -0.449 e. The molecule has 1 unspecified atom stereocenters. The summed E-state index contributed by atoms with van der Waals surface area (Å²) in [7, 11) is -11.3. The molecule has 1 atom stereocenters. The fourth-order valence-corrected chi connectivity index (χ4v) is 28.3. The van der Waals surface area contributed by atoms with Crippen LogP contribution in [-0.4, -0.2) is 73.8 Å². The molecule has 0 N–H and O–H groups in total. The molecule has 0 fully saturated rings. The summed E-state index contributed by atoms with van der Waals surface area (Å²) >= 11 is 0. The fraction of sp³-hybridized carbons (Fsp3) is 1.00. The van der Waals surface area contributed by atoms with E-state index >= 15 is 0 Å². The molecular weight excluding hydrogens is 457 g/mol. The van der Waals surface area contributed by atoms with E-state index in [-0.39, 0.29) is 0 Å². The molecule has 15 heteroatoms. The predicted octanol–water partition coefficient (Wildman–Crippen LogP) is 0.171. The standard InChI is InChI=1S/C10H38O7Si8/c1-21(13-20-12-19-11-18)14-23(5,6)16-25(9,10)17-24(7,8)15-22(2,3)4/h21H,19-20H2,1-10,18H3. The first kappa shape index (κ1) is 26.5. The van der Waals surface area contributed by atoms with Crippen LogP contribution in [0.3, 0.4) is 0 Å². The van der Waals surface area contributed by atoms with Gasteiger partial charge in [0.1, 0.15) is 10.5 Å². The molecule has 0 aliphatic rings. The summed E-state index contributed by atoms with van der Waals surface area (Å²) in [6.45, 7) is 21.1. The zero-order chi connectivity index (χ0) is 19.9. The Labute approximate surface area is 167 Å². The fourth-order valence-electron chi connectivity index (χ4n) is 2.68. The largest absolute Gasteiger partial charge is 0.449 e. The number of hydrogen-bond acceptors (Lipinski definition) is 7. The van der Waals surface area contributed by atoms with Gasteiger partial charge in [-0.3, -0.25) is 0 Å². The van der Waals surface area contributed by atoms with E-state index in [4.69, 9.17) is 28.8 Å². The molecular formula is C10H38O7Si8. The summed E-state index contributed by atoms with van der Waals surface area (Å²) in [6.07, 6.45) is 0. The van der Waals surface area contributed by atoms with Crippen molar-refractivity contribution in [3.63, 3.8) is 0 Å². The molecule has 25 heavy (non-hydrogen) atoms. The molecule has 0 spiro atoms. The summed E-state index contributed by atoms with van der Waals surface area (Å²) < 4.78 is 41.6. The zero-order valence-corrected chi connectivity index (χ0v) is 27.8. The third-order valence-corrected chi connectivity index (χ3v) is 23.1. The molecule has 0 saturated carbocycles. The summed E-state index contributed by atoms with van der Waals surface area (Å²) in [5.41, 5.74) is 0. The molecule has 0 saturated heterocycles. The van der Waals surface area contributed by atoms with Gasteiger partial charge in [-0.25, -0.2) is 0 Å². The van der Waals surface area contributed by atoms with Gasteiger partial charge in [0.25, 0.3) is 29.3 Å². The van der Waals surface area contributed by atoms with E-state index in [9.17, 15) is 0 Å². The average Bonchev–Trinajstić information content (AvgIpc) is 2.27.